The van der Waals surface area contributed by atoms with Crippen molar-refractivity contribution in [2.45, 2.75) is 18.4 Å². The zero-order valence-electron chi connectivity index (χ0n) is 19.2. The second-order valence-electron chi connectivity index (χ2n) is 8.42. The van der Waals surface area contributed by atoms with Crippen LogP contribution < -0.4 is 5.32 Å². The number of benzene rings is 3. The van der Waals surface area contributed by atoms with E-state index in [9.17, 15) is 14.4 Å². The highest BCUT2D eigenvalue weighted by Gasteiger charge is 2.55. The number of nitrogens with one attached hydrogen (secondary N) is 1. The van der Waals surface area contributed by atoms with Crippen molar-refractivity contribution in [1.29, 1.82) is 0 Å². The molecule has 7 nitrogen and oxygen atoms in total. The van der Waals surface area contributed by atoms with Crippen LogP contribution in [0.25, 0.3) is 0 Å². The Hall–Kier alpha value is -3.94. The molecule has 3 aromatic rings. The SMILES string of the molecule is O=C(OC(c1ccccc1)c1ccccc1)C1=C(CCl)CO[C@@H]2[C@@H](NC(=O)c3ccccc3)C(=O)N12. The molecule has 0 spiro atoms. The molecule has 0 bridgehead atoms. The largest absolute Gasteiger partial charge is 0.448 e. The van der Waals surface area contributed by atoms with Gasteiger partial charge in [0, 0.05) is 17.0 Å². The first-order valence-corrected chi connectivity index (χ1v) is 12.0. The van der Waals surface area contributed by atoms with Crippen molar-refractivity contribution >= 4 is 29.4 Å². The number of carbonyl (C=O) groups excluding carboxylic acids is 3. The first kappa shape index (κ1) is 23.8. The lowest BCUT2D eigenvalue weighted by molar-refractivity contribution is -0.184. The highest BCUT2D eigenvalue weighted by atomic mass is 35.5. The van der Waals surface area contributed by atoms with Crippen LogP contribution in [0, 0.1) is 0 Å². The molecule has 0 aromatic heterocycles. The Morgan fingerprint density at radius 2 is 1.50 bits per heavy atom. The number of carbonyl (C=O) groups is 3. The van der Waals surface area contributed by atoms with Crippen LogP contribution in [0.5, 0.6) is 0 Å². The number of halogens is 1. The van der Waals surface area contributed by atoms with Crippen LogP contribution in [0.4, 0.5) is 0 Å². The van der Waals surface area contributed by atoms with E-state index in [4.69, 9.17) is 21.1 Å². The van der Waals surface area contributed by atoms with E-state index in [1.54, 1.807) is 30.3 Å². The van der Waals surface area contributed by atoms with Crippen molar-refractivity contribution in [2.75, 3.05) is 12.5 Å². The molecule has 8 heteroatoms. The quantitative estimate of drug-likeness (QED) is 0.302. The number of esters is 1. The van der Waals surface area contributed by atoms with Gasteiger partial charge < -0.3 is 14.8 Å². The van der Waals surface area contributed by atoms with E-state index in [1.807, 2.05) is 60.7 Å². The molecule has 0 unspecified atom stereocenters. The van der Waals surface area contributed by atoms with Crippen molar-refractivity contribution in [1.82, 2.24) is 10.2 Å². The maximum atomic E-state index is 13.5. The molecule has 2 heterocycles. The van der Waals surface area contributed by atoms with Gasteiger partial charge in [0.2, 0.25) is 0 Å². The fraction of sp³-hybridized carbons (Fsp3) is 0.179. The summed E-state index contributed by atoms with van der Waals surface area (Å²) in [6, 6.07) is 26.4. The Balaban J connectivity index is 1.39. The lowest BCUT2D eigenvalue weighted by Crippen LogP contribution is -2.73. The van der Waals surface area contributed by atoms with Crippen molar-refractivity contribution in [3.8, 4) is 0 Å². The lowest BCUT2D eigenvalue weighted by atomic mass is 9.98. The summed E-state index contributed by atoms with van der Waals surface area (Å²) in [7, 11) is 0. The molecular weight excluding hydrogens is 480 g/mol. The average molecular weight is 503 g/mol. The summed E-state index contributed by atoms with van der Waals surface area (Å²) in [6.45, 7) is 0.0431. The van der Waals surface area contributed by atoms with Gasteiger partial charge in [0.15, 0.2) is 18.4 Å². The number of nitrogens with zero attached hydrogens (tertiary/aromatic N) is 1. The van der Waals surface area contributed by atoms with Crippen molar-refractivity contribution in [3.05, 3.63) is 119 Å². The highest BCUT2D eigenvalue weighted by molar-refractivity contribution is 6.20. The van der Waals surface area contributed by atoms with Gasteiger partial charge in [-0.05, 0) is 23.3 Å². The van der Waals surface area contributed by atoms with Gasteiger partial charge in [-0.1, -0.05) is 78.9 Å². The molecule has 3 aromatic carbocycles. The molecule has 2 aliphatic heterocycles. The second kappa shape index (κ2) is 10.4. The molecule has 2 amide bonds. The van der Waals surface area contributed by atoms with Gasteiger partial charge in [0.25, 0.3) is 11.8 Å². The fourth-order valence-electron chi connectivity index (χ4n) is 4.34. The minimum Gasteiger partial charge on any atom is -0.448 e. The molecule has 1 N–H and O–H groups in total. The van der Waals surface area contributed by atoms with Gasteiger partial charge in [-0.2, -0.15) is 0 Å². The summed E-state index contributed by atoms with van der Waals surface area (Å²) in [5, 5.41) is 2.70. The molecule has 2 atom stereocenters. The number of alkyl halides is 1. The van der Waals surface area contributed by atoms with Crippen molar-refractivity contribution < 1.29 is 23.9 Å². The summed E-state index contributed by atoms with van der Waals surface area (Å²) in [5.41, 5.74) is 2.50. The molecule has 1 fully saturated rings. The molecule has 0 aliphatic carbocycles. The van der Waals surface area contributed by atoms with E-state index >= 15 is 0 Å². The Morgan fingerprint density at radius 3 is 2.06 bits per heavy atom. The standard InChI is InChI=1S/C28H23ClN2O5/c29-16-21-17-35-27-22(30-25(32)20-14-8-3-9-15-20)26(33)31(27)23(21)28(34)36-24(18-10-4-1-5-11-18)19-12-6-2-7-13-19/h1-15,22,24,27H,16-17H2,(H,30,32)/t22-,27+/m0/s1. The van der Waals surface area contributed by atoms with Gasteiger partial charge in [-0.3, -0.25) is 14.5 Å². The summed E-state index contributed by atoms with van der Waals surface area (Å²) in [5.74, 6) is -1.56. The molecule has 0 radical (unpaired) electrons. The van der Waals surface area contributed by atoms with Gasteiger partial charge in [0.1, 0.15) is 5.70 Å². The number of amides is 2. The molecule has 182 valence electrons. The third-order valence-corrected chi connectivity index (χ3v) is 6.48. The van der Waals surface area contributed by atoms with E-state index < -0.39 is 36.2 Å². The van der Waals surface area contributed by atoms with E-state index in [0.29, 0.717) is 11.1 Å². The summed E-state index contributed by atoms with van der Waals surface area (Å²) >= 11 is 6.12. The number of β-lactam (4-membered cyclic amide) rings is 1. The summed E-state index contributed by atoms with van der Waals surface area (Å²) in [4.78, 5) is 40.5. The number of ether oxygens (including phenoxy) is 2. The highest BCUT2D eigenvalue weighted by Crippen LogP contribution is 2.36. The molecule has 5 rings (SSSR count). The third-order valence-electron chi connectivity index (χ3n) is 6.15. The summed E-state index contributed by atoms with van der Waals surface area (Å²) < 4.78 is 11.8. The summed E-state index contributed by atoms with van der Waals surface area (Å²) in [6.07, 6.45) is -1.51. The van der Waals surface area contributed by atoms with Crippen LogP contribution in [0.3, 0.4) is 0 Å². The van der Waals surface area contributed by atoms with E-state index in [2.05, 4.69) is 5.32 Å². The monoisotopic (exact) mass is 502 g/mol. The van der Waals surface area contributed by atoms with Crippen molar-refractivity contribution in [3.63, 3.8) is 0 Å². The molecule has 2 aliphatic rings. The smallest absolute Gasteiger partial charge is 0.356 e. The number of fused-ring (bicyclic) bond motifs is 1. The van der Waals surface area contributed by atoms with Crippen LogP contribution in [0.2, 0.25) is 0 Å². The predicted molar refractivity (Wildman–Crippen MR) is 133 cm³/mol. The van der Waals surface area contributed by atoms with Gasteiger partial charge in [-0.25, -0.2) is 4.79 Å². The molecule has 1 saturated heterocycles. The predicted octanol–water partition coefficient (Wildman–Crippen LogP) is 3.81. The van der Waals surface area contributed by atoms with Crippen LogP contribution in [-0.2, 0) is 19.1 Å². The van der Waals surface area contributed by atoms with Gasteiger partial charge in [-0.15, -0.1) is 11.6 Å². The Labute approximate surface area is 213 Å². The lowest BCUT2D eigenvalue weighted by Gasteiger charge is -2.49. The van der Waals surface area contributed by atoms with E-state index in [-0.39, 0.29) is 18.2 Å². The zero-order valence-corrected chi connectivity index (χ0v) is 19.9. The first-order chi connectivity index (χ1) is 17.6. The maximum Gasteiger partial charge on any atom is 0.356 e. The fourth-order valence-corrected chi connectivity index (χ4v) is 4.54. The Kier molecular flexibility index (Phi) is 6.84. The van der Waals surface area contributed by atoms with Gasteiger partial charge >= 0.3 is 5.97 Å². The van der Waals surface area contributed by atoms with E-state index in [1.165, 1.54) is 4.90 Å². The normalized spacial score (nSPS) is 18.9. The number of hydrogen-bond acceptors (Lipinski definition) is 5. The van der Waals surface area contributed by atoms with Crippen LogP contribution in [0.15, 0.2) is 102 Å². The number of rotatable bonds is 7. The molecule has 0 saturated carbocycles. The minimum absolute atomic E-state index is 0.0106. The number of hydrogen-bond donors (Lipinski definition) is 1. The van der Waals surface area contributed by atoms with Gasteiger partial charge in [0.05, 0.1) is 6.61 Å². The van der Waals surface area contributed by atoms with Crippen LogP contribution in [-0.4, -0.2) is 47.4 Å². The Morgan fingerprint density at radius 1 is 0.944 bits per heavy atom. The van der Waals surface area contributed by atoms with Crippen LogP contribution in [0.1, 0.15) is 27.6 Å². The topological polar surface area (TPSA) is 84.9 Å². The van der Waals surface area contributed by atoms with E-state index in [0.717, 1.165) is 11.1 Å². The maximum absolute atomic E-state index is 13.5. The minimum atomic E-state index is -0.920. The zero-order chi connectivity index (χ0) is 25.1. The molecule has 36 heavy (non-hydrogen) atoms. The Bertz CT molecular complexity index is 1260. The average Bonchev–Trinajstić information content (AvgIpc) is 2.94. The third kappa shape index (κ3) is 4.51. The van der Waals surface area contributed by atoms with Crippen molar-refractivity contribution in [2.24, 2.45) is 0 Å². The molecular formula is C28H23ClN2O5. The van der Waals surface area contributed by atoms with Crippen LogP contribution >= 0.6 is 11.6 Å². The second-order valence-corrected chi connectivity index (χ2v) is 8.69. The first-order valence-electron chi connectivity index (χ1n) is 11.5.